The zero-order valence-corrected chi connectivity index (χ0v) is 13.3. The van der Waals surface area contributed by atoms with E-state index in [-0.39, 0.29) is 0 Å². The summed E-state index contributed by atoms with van der Waals surface area (Å²) in [6.45, 7) is 8.01. The molecule has 0 bridgehead atoms. The molecule has 20 heavy (non-hydrogen) atoms. The lowest BCUT2D eigenvalue weighted by molar-refractivity contribution is 0.861. The van der Waals surface area contributed by atoms with Crippen LogP contribution in [-0.4, -0.2) is 27.0 Å². The first-order valence-corrected chi connectivity index (χ1v) is 7.40. The van der Waals surface area contributed by atoms with E-state index in [1.807, 2.05) is 40.8 Å². The Hall–Kier alpha value is -1.69. The van der Waals surface area contributed by atoms with E-state index in [1.54, 1.807) is 0 Å². The predicted molar refractivity (Wildman–Crippen MR) is 81.3 cm³/mol. The van der Waals surface area contributed by atoms with Crippen LogP contribution in [0.3, 0.4) is 0 Å². The summed E-state index contributed by atoms with van der Waals surface area (Å²) in [5.41, 5.74) is 2.96. The number of anilines is 1. The van der Waals surface area contributed by atoms with Crippen molar-refractivity contribution < 1.29 is 0 Å². The molecule has 0 spiro atoms. The summed E-state index contributed by atoms with van der Waals surface area (Å²) in [5.74, 6) is 1.69. The Kier molecular flexibility index (Phi) is 4.54. The first-order chi connectivity index (χ1) is 9.53. The maximum Gasteiger partial charge on any atom is 0.194 e. The van der Waals surface area contributed by atoms with Crippen molar-refractivity contribution in [2.75, 3.05) is 12.4 Å². The first-order valence-electron chi connectivity index (χ1n) is 6.59. The summed E-state index contributed by atoms with van der Waals surface area (Å²) >= 11 is 1.49. The van der Waals surface area contributed by atoms with Gasteiger partial charge in [-0.25, -0.2) is 19.9 Å². The third-order valence-electron chi connectivity index (χ3n) is 2.85. The average molecular weight is 289 g/mol. The molecule has 2 aromatic rings. The van der Waals surface area contributed by atoms with Gasteiger partial charge in [0.25, 0.3) is 0 Å². The van der Waals surface area contributed by atoms with Gasteiger partial charge >= 0.3 is 0 Å². The summed E-state index contributed by atoms with van der Waals surface area (Å²) in [5, 5.41) is 4.75. The van der Waals surface area contributed by atoms with Gasteiger partial charge in [0.15, 0.2) is 5.16 Å². The molecule has 0 fully saturated rings. The highest BCUT2D eigenvalue weighted by Gasteiger charge is 2.12. The van der Waals surface area contributed by atoms with Crippen LogP contribution in [0.2, 0.25) is 0 Å². The molecule has 2 heterocycles. The van der Waals surface area contributed by atoms with Gasteiger partial charge in [-0.2, -0.15) is 0 Å². The quantitative estimate of drug-likeness (QED) is 0.689. The largest absolute Gasteiger partial charge is 0.373 e. The van der Waals surface area contributed by atoms with Crippen LogP contribution < -0.4 is 5.32 Å². The normalized spacial score (nSPS) is 10.7. The Labute approximate surface area is 123 Å². The first kappa shape index (κ1) is 14.7. The molecule has 0 aliphatic heterocycles. The van der Waals surface area contributed by atoms with E-state index >= 15 is 0 Å². The lowest BCUT2D eigenvalue weighted by Gasteiger charge is -2.11. The van der Waals surface area contributed by atoms with Crippen LogP contribution in [0.25, 0.3) is 0 Å². The standard InChI is InChI=1S/C14H19N5S/c1-6-11-18-12(15-5)10(4)13(19-11)20-14-16-8(2)7-9(3)17-14/h7H,6H2,1-5H3,(H,15,18,19). The molecule has 0 aromatic carbocycles. The Bertz CT molecular complexity index is 607. The van der Waals surface area contributed by atoms with Crippen molar-refractivity contribution in [3.05, 3.63) is 28.8 Å². The zero-order chi connectivity index (χ0) is 14.7. The lowest BCUT2D eigenvalue weighted by atomic mass is 10.3. The molecule has 2 aromatic heterocycles. The summed E-state index contributed by atoms with van der Waals surface area (Å²) in [6.07, 6.45) is 0.802. The van der Waals surface area contributed by atoms with Crippen molar-refractivity contribution in [1.82, 2.24) is 19.9 Å². The third-order valence-corrected chi connectivity index (χ3v) is 3.81. The molecular formula is C14H19N5S. The van der Waals surface area contributed by atoms with Gasteiger partial charge in [-0.05, 0) is 38.6 Å². The molecule has 0 atom stereocenters. The number of rotatable bonds is 4. The van der Waals surface area contributed by atoms with Gasteiger partial charge in [-0.15, -0.1) is 0 Å². The van der Waals surface area contributed by atoms with Crippen LogP contribution in [0.5, 0.6) is 0 Å². The second kappa shape index (κ2) is 6.17. The van der Waals surface area contributed by atoms with E-state index in [0.29, 0.717) is 0 Å². The highest BCUT2D eigenvalue weighted by molar-refractivity contribution is 7.99. The van der Waals surface area contributed by atoms with E-state index < -0.39 is 0 Å². The molecule has 0 aliphatic rings. The van der Waals surface area contributed by atoms with Gasteiger partial charge < -0.3 is 5.32 Å². The van der Waals surface area contributed by atoms with E-state index in [1.165, 1.54) is 11.8 Å². The Morgan fingerprint density at radius 1 is 1.05 bits per heavy atom. The molecule has 5 nitrogen and oxygen atoms in total. The van der Waals surface area contributed by atoms with Gasteiger partial charge in [0.05, 0.1) is 0 Å². The maximum atomic E-state index is 4.59. The Morgan fingerprint density at radius 2 is 1.70 bits per heavy atom. The van der Waals surface area contributed by atoms with E-state index in [2.05, 4.69) is 25.3 Å². The van der Waals surface area contributed by atoms with E-state index in [0.717, 1.165) is 45.2 Å². The summed E-state index contributed by atoms with van der Waals surface area (Å²) in [6, 6.07) is 1.97. The average Bonchev–Trinajstić information content (AvgIpc) is 2.40. The minimum Gasteiger partial charge on any atom is -0.373 e. The van der Waals surface area contributed by atoms with Crippen LogP contribution in [0.1, 0.15) is 29.7 Å². The summed E-state index contributed by atoms with van der Waals surface area (Å²) in [4.78, 5) is 18.0. The smallest absolute Gasteiger partial charge is 0.194 e. The molecule has 106 valence electrons. The van der Waals surface area contributed by atoms with Crippen molar-refractivity contribution in [3.8, 4) is 0 Å². The summed E-state index contributed by atoms with van der Waals surface area (Å²) in [7, 11) is 1.87. The second-order valence-corrected chi connectivity index (χ2v) is 5.51. The van der Waals surface area contributed by atoms with Crippen LogP contribution >= 0.6 is 11.8 Å². The van der Waals surface area contributed by atoms with Crippen molar-refractivity contribution >= 4 is 17.6 Å². The van der Waals surface area contributed by atoms with Gasteiger partial charge in [0, 0.05) is 30.4 Å². The highest BCUT2D eigenvalue weighted by Crippen LogP contribution is 2.29. The minimum absolute atomic E-state index is 0.730. The van der Waals surface area contributed by atoms with Crippen molar-refractivity contribution in [3.63, 3.8) is 0 Å². The minimum atomic E-state index is 0.730. The SMILES string of the molecule is CCc1nc(NC)c(C)c(Sc2nc(C)cc(C)n2)n1. The van der Waals surface area contributed by atoms with Crippen molar-refractivity contribution in [1.29, 1.82) is 0 Å². The van der Waals surface area contributed by atoms with Gasteiger partial charge in [-0.1, -0.05) is 6.92 Å². The van der Waals surface area contributed by atoms with E-state index in [4.69, 9.17) is 0 Å². The highest BCUT2D eigenvalue weighted by atomic mass is 32.2. The molecule has 0 amide bonds. The molecule has 0 unspecified atom stereocenters. The molecule has 0 saturated carbocycles. The van der Waals surface area contributed by atoms with Gasteiger partial charge in [-0.3, -0.25) is 0 Å². The second-order valence-electron chi connectivity index (χ2n) is 4.56. The van der Waals surface area contributed by atoms with Crippen LogP contribution in [0, 0.1) is 20.8 Å². The number of hydrogen-bond acceptors (Lipinski definition) is 6. The number of hydrogen-bond donors (Lipinski definition) is 1. The Morgan fingerprint density at radius 3 is 2.25 bits per heavy atom. The van der Waals surface area contributed by atoms with Crippen molar-refractivity contribution in [2.24, 2.45) is 0 Å². The summed E-state index contributed by atoms with van der Waals surface area (Å²) < 4.78 is 0. The molecule has 0 aliphatic carbocycles. The van der Waals surface area contributed by atoms with Crippen LogP contribution in [0.4, 0.5) is 5.82 Å². The number of aryl methyl sites for hydroxylation is 3. The van der Waals surface area contributed by atoms with Crippen LogP contribution in [0.15, 0.2) is 16.2 Å². The third kappa shape index (κ3) is 3.25. The van der Waals surface area contributed by atoms with Gasteiger partial charge in [0.2, 0.25) is 0 Å². The monoisotopic (exact) mass is 289 g/mol. The number of aromatic nitrogens is 4. The Balaban J connectivity index is 2.41. The van der Waals surface area contributed by atoms with E-state index in [9.17, 15) is 0 Å². The number of nitrogens with one attached hydrogen (secondary N) is 1. The molecule has 1 N–H and O–H groups in total. The maximum absolute atomic E-state index is 4.59. The predicted octanol–water partition coefficient (Wildman–Crippen LogP) is 2.95. The molecule has 6 heteroatoms. The topological polar surface area (TPSA) is 63.6 Å². The fraction of sp³-hybridized carbons (Fsp3) is 0.429. The van der Waals surface area contributed by atoms with Crippen LogP contribution in [-0.2, 0) is 6.42 Å². The fourth-order valence-electron chi connectivity index (χ4n) is 1.87. The molecular weight excluding hydrogens is 270 g/mol. The number of nitrogens with zero attached hydrogens (tertiary/aromatic N) is 4. The molecule has 2 rings (SSSR count). The zero-order valence-electron chi connectivity index (χ0n) is 12.5. The fourth-order valence-corrected chi connectivity index (χ4v) is 2.82. The van der Waals surface area contributed by atoms with Gasteiger partial charge in [0.1, 0.15) is 16.7 Å². The molecule has 0 radical (unpaired) electrons. The molecule has 0 saturated heterocycles. The van der Waals surface area contributed by atoms with Crippen molar-refractivity contribution in [2.45, 2.75) is 44.3 Å². The lowest BCUT2D eigenvalue weighted by Crippen LogP contribution is -2.04.